The van der Waals surface area contributed by atoms with Crippen molar-refractivity contribution in [2.45, 2.75) is 63.9 Å². The molecule has 1 aromatic rings. The average molecular weight is 275 g/mol. The molecule has 2 unspecified atom stereocenters. The lowest BCUT2D eigenvalue weighted by atomic mass is 9.79. The summed E-state index contributed by atoms with van der Waals surface area (Å²) in [6, 6.07) is 0. The maximum Gasteiger partial charge on any atom is 0.132 e. The highest BCUT2D eigenvalue weighted by molar-refractivity contribution is 5.47. The van der Waals surface area contributed by atoms with Crippen molar-refractivity contribution in [1.82, 2.24) is 9.97 Å². The summed E-state index contributed by atoms with van der Waals surface area (Å²) in [6.07, 6.45) is 10.4. The molecule has 0 amide bonds. The highest BCUT2D eigenvalue weighted by Gasteiger charge is 2.32. The van der Waals surface area contributed by atoms with Crippen LogP contribution in [0.1, 0.15) is 56.7 Å². The van der Waals surface area contributed by atoms with Gasteiger partial charge in [0, 0.05) is 17.8 Å². The summed E-state index contributed by atoms with van der Waals surface area (Å²) < 4.78 is 0. The fourth-order valence-electron chi connectivity index (χ4n) is 3.71. The lowest BCUT2D eigenvalue weighted by Crippen LogP contribution is -2.41. The van der Waals surface area contributed by atoms with E-state index in [1.165, 1.54) is 30.5 Å². The molecule has 0 bridgehead atoms. The summed E-state index contributed by atoms with van der Waals surface area (Å²) in [5.41, 5.74) is 1.90. The molecular weight excluding hydrogens is 250 g/mol. The van der Waals surface area contributed by atoms with E-state index in [1.807, 2.05) is 0 Å². The van der Waals surface area contributed by atoms with Crippen molar-refractivity contribution < 1.29 is 5.11 Å². The van der Waals surface area contributed by atoms with E-state index >= 15 is 0 Å². The second-order valence-corrected chi connectivity index (χ2v) is 6.63. The predicted octanol–water partition coefficient (Wildman–Crippen LogP) is 2.71. The second kappa shape index (κ2) is 5.68. The molecule has 110 valence electrons. The summed E-state index contributed by atoms with van der Waals surface area (Å²) in [5.74, 6) is 1.57. The van der Waals surface area contributed by atoms with Crippen LogP contribution >= 0.6 is 0 Å². The summed E-state index contributed by atoms with van der Waals surface area (Å²) in [4.78, 5) is 8.78. The van der Waals surface area contributed by atoms with Crippen LogP contribution in [0.3, 0.4) is 0 Å². The van der Waals surface area contributed by atoms with E-state index in [4.69, 9.17) is 0 Å². The van der Waals surface area contributed by atoms with E-state index in [1.54, 1.807) is 6.33 Å². The Kier molecular flexibility index (Phi) is 3.92. The molecule has 1 fully saturated rings. The van der Waals surface area contributed by atoms with E-state index < -0.39 is 5.60 Å². The largest absolute Gasteiger partial charge is 0.388 e. The third-order valence-corrected chi connectivity index (χ3v) is 4.78. The maximum atomic E-state index is 10.7. The summed E-state index contributed by atoms with van der Waals surface area (Å²) >= 11 is 0. The molecule has 4 nitrogen and oxygen atoms in total. The molecule has 1 saturated carbocycles. The fourth-order valence-corrected chi connectivity index (χ4v) is 3.71. The molecule has 1 heterocycles. The molecule has 3 rings (SSSR count). The Hall–Kier alpha value is -1.16. The van der Waals surface area contributed by atoms with Gasteiger partial charge in [0.1, 0.15) is 12.1 Å². The Bertz CT molecular complexity index is 477. The SMILES string of the molecule is CC1CCCC(O)(CNc2ncnc3c2CCCC3)C1. The van der Waals surface area contributed by atoms with Crippen molar-refractivity contribution >= 4 is 5.82 Å². The van der Waals surface area contributed by atoms with Crippen molar-refractivity contribution in [2.75, 3.05) is 11.9 Å². The van der Waals surface area contributed by atoms with Crippen LogP contribution in [0.4, 0.5) is 5.82 Å². The molecule has 0 radical (unpaired) electrons. The van der Waals surface area contributed by atoms with Crippen molar-refractivity contribution in [2.24, 2.45) is 5.92 Å². The first kappa shape index (κ1) is 13.8. The molecule has 2 aliphatic rings. The first-order valence-electron chi connectivity index (χ1n) is 7.95. The van der Waals surface area contributed by atoms with Crippen LogP contribution in [0.5, 0.6) is 0 Å². The molecule has 20 heavy (non-hydrogen) atoms. The van der Waals surface area contributed by atoms with Crippen LogP contribution in [0, 0.1) is 5.92 Å². The Morgan fingerprint density at radius 3 is 3.00 bits per heavy atom. The minimum Gasteiger partial charge on any atom is -0.388 e. The first-order valence-corrected chi connectivity index (χ1v) is 7.95. The van der Waals surface area contributed by atoms with E-state index in [-0.39, 0.29) is 0 Å². The van der Waals surface area contributed by atoms with Gasteiger partial charge in [-0.2, -0.15) is 0 Å². The normalized spacial score (nSPS) is 29.8. The average Bonchev–Trinajstić information content (AvgIpc) is 2.45. The zero-order valence-electron chi connectivity index (χ0n) is 12.4. The first-order chi connectivity index (χ1) is 9.66. The van der Waals surface area contributed by atoms with Gasteiger partial charge in [-0.3, -0.25) is 0 Å². The number of aromatic nitrogens is 2. The van der Waals surface area contributed by atoms with Crippen molar-refractivity contribution in [3.05, 3.63) is 17.6 Å². The molecule has 2 N–H and O–H groups in total. The van der Waals surface area contributed by atoms with Gasteiger partial charge in [0.05, 0.1) is 5.60 Å². The molecule has 2 aliphatic carbocycles. The highest BCUT2D eigenvalue weighted by atomic mass is 16.3. The maximum absolute atomic E-state index is 10.7. The molecule has 0 spiro atoms. The van der Waals surface area contributed by atoms with Crippen LogP contribution in [0.15, 0.2) is 6.33 Å². The third kappa shape index (κ3) is 2.95. The van der Waals surface area contributed by atoms with E-state index in [9.17, 15) is 5.11 Å². The number of aryl methyl sites for hydroxylation is 1. The lowest BCUT2D eigenvalue weighted by molar-refractivity contribution is -0.000844. The molecule has 2 atom stereocenters. The molecule has 0 aliphatic heterocycles. The van der Waals surface area contributed by atoms with Crippen LogP contribution < -0.4 is 5.32 Å². The number of hydrogen-bond acceptors (Lipinski definition) is 4. The minimum absolute atomic E-state index is 0.565. The van der Waals surface area contributed by atoms with Crippen LogP contribution in [0.2, 0.25) is 0 Å². The topological polar surface area (TPSA) is 58.0 Å². The molecule has 0 saturated heterocycles. The summed E-state index contributed by atoms with van der Waals surface area (Å²) in [7, 11) is 0. The highest BCUT2D eigenvalue weighted by Crippen LogP contribution is 2.33. The van der Waals surface area contributed by atoms with Crippen molar-refractivity contribution in [3.8, 4) is 0 Å². The van der Waals surface area contributed by atoms with Gasteiger partial charge in [-0.15, -0.1) is 0 Å². The standard InChI is InChI=1S/C16H25N3O/c1-12-5-4-8-16(20,9-12)10-17-15-13-6-2-3-7-14(13)18-11-19-15/h11-12,20H,2-10H2,1H3,(H,17,18,19). The third-order valence-electron chi connectivity index (χ3n) is 4.78. The van der Waals surface area contributed by atoms with Gasteiger partial charge in [-0.05, 0) is 44.4 Å². The zero-order chi connectivity index (χ0) is 14.0. The predicted molar refractivity (Wildman–Crippen MR) is 79.7 cm³/mol. The van der Waals surface area contributed by atoms with Gasteiger partial charge in [-0.1, -0.05) is 19.8 Å². The number of hydrogen-bond donors (Lipinski definition) is 2. The van der Waals surface area contributed by atoms with Crippen molar-refractivity contribution in [3.63, 3.8) is 0 Å². The summed E-state index contributed by atoms with van der Waals surface area (Å²) in [6.45, 7) is 2.84. The van der Waals surface area contributed by atoms with Gasteiger partial charge in [0.25, 0.3) is 0 Å². The van der Waals surface area contributed by atoms with E-state index in [0.29, 0.717) is 12.5 Å². The molecular formula is C16H25N3O. The van der Waals surface area contributed by atoms with Crippen LogP contribution in [-0.4, -0.2) is 27.2 Å². The lowest BCUT2D eigenvalue weighted by Gasteiger charge is -2.36. The number of nitrogens with one attached hydrogen (secondary N) is 1. The number of aliphatic hydroxyl groups is 1. The van der Waals surface area contributed by atoms with Gasteiger partial charge in [0.15, 0.2) is 0 Å². The second-order valence-electron chi connectivity index (χ2n) is 6.63. The number of nitrogens with zero attached hydrogens (tertiary/aromatic N) is 2. The fraction of sp³-hybridized carbons (Fsp3) is 0.750. The number of fused-ring (bicyclic) bond motifs is 1. The quantitative estimate of drug-likeness (QED) is 0.890. The monoisotopic (exact) mass is 275 g/mol. The van der Waals surface area contributed by atoms with E-state index in [0.717, 1.165) is 37.9 Å². The Labute approximate surface area is 121 Å². The zero-order valence-corrected chi connectivity index (χ0v) is 12.4. The van der Waals surface area contributed by atoms with Crippen LogP contribution in [-0.2, 0) is 12.8 Å². The molecule has 1 aromatic heterocycles. The van der Waals surface area contributed by atoms with Crippen LogP contribution in [0.25, 0.3) is 0 Å². The van der Waals surface area contributed by atoms with Crippen molar-refractivity contribution in [1.29, 1.82) is 0 Å². The Morgan fingerprint density at radius 2 is 2.15 bits per heavy atom. The number of anilines is 1. The minimum atomic E-state index is -0.565. The Balaban J connectivity index is 1.69. The molecule has 0 aromatic carbocycles. The smallest absolute Gasteiger partial charge is 0.132 e. The Morgan fingerprint density at radius 1 is 1.30 bits per heavy atom. The molecule has 4 heteroatoms. The van der Waals surface area contributed by atoms with Gasteiger partial charge >= 0.3 is 0 Å². The van der Waals surface area contributed by atoms with Gasteiger partial charge in [-0.25, -0.2) is 9.97 Å². The summed E-state index contributed by atoms with van der Waals surface area (Å²) in [5, 5.41) is 14.1. The van der Waals surface area contributed by atoms with Gasteiger partial charge in [0.2, 0.25) is 0 Å². The number of rotatable bonds is 3. The van der Waals surface area contributed by atoms with Gasteiger partial charge < -0.3 is 10.4 Å². The van der Waals surface area contributed by atoms with E-state index in [2.05, 4.69) is 22.2 Å².